The third kappa shape index (κ3) is 5.55. The summed E-state index contributed by atoms with van der Waals surface area (Å²) in [7, 11) is 0. The Kier molecular flexibility index (Phi) is 7.80. The van der Waals surface area contributed by atoms with Gasteiger partial charge in [-0.1, -0.05) is 158 Å². The fourth-order valence-corrected chi connectivity index (χ4v) is 9.56. The van der Waals surface area contributed by atoms with Crippen LogP contribution >= 0.6 is 0 Å². The van der Waals surface area contributed by atoms with E-state index in [0.29, 0.717) is 17.5 Å². The number of aromatic nitrogens is 5. The number of hydrogen-bond donors (Lipinski definition) is 0. The van der Waals surface area contributed by atoms with Crippen LogP contribution in [0.4, 0.5) is 0 Å². The predicted molar refractivity (Wildman–Crippen MR) is 258 cm³/mol. The second kappa shape index (κ2) is 14.0. The first kappa shape index (κ1) is 35.2. The monoisotopic (exact) mass is 805 g/mol. The Balaban J connectivity index is 1.04. The van der Waals surface area contributed by atoms with Gasteiger partial charge in [0.05, 0.1) is 22.1 Å². The highest BCUT2D eigenvalue weighted by Crippen LogP contribution is 2.43. The SMILES string of the molecule is c1ccc(-c2ccc3c(c2)oc2cccc(-c4nc(-c5ccccc5)nc(-c5cccc(-n6c7ccccc7c7ccc8c9ccccc9n(-c9ccccc9)c8c76)c5)n4)c23)cc1. The van der Waals surface area contributed by atoms with E-state index in [9.17, 15) is 0 Å². The summed E-state index contributed by atoms with van der Waals surface area (Å²) >= 11 is 0. The van der Waals surface area contributed by atoms with Crippen molar-refractivity contribution in [2.45, 2.75) is 0 Å². The maximum atomic E-state index is 6.54. The minimum absolute atomic E-state index is 0.579. The molecule has 0 aliphatic carbocycles. The van der Waals surface area contributed by atoms with Crippen LogP contribution in [0.1, 0.15) is 0 Å². The molecule has 0 unspecified atom stereocenters. The molecule has 0 saturated heterocycles. The van der Waals surface area contributed by atoms with E-state index < -0.39 is 0 Å². The van der Waals surface area contributed by atoms with Crippen molar-refractivity contribution in [3.05, 3.63) is 212 Å². The molecule has 4 aromatic heterocycles. The summed E-state index contributed by atoms with van der Waals surface area (Å²) in [4.78, 5) is 15.7. The standard InChI is InChI=1S/C57H35N5O/c1-4-16-36(17-5-1)38-30-31-46-51(35-38)63-50-29-15-26-47(52(46)50)57-59-55(37-18-6-2-7-19-37)58-56(60-57)39-20-14-23-41(34-39)62-49-28-13-11-25-43(49)45-33-32-44-42-24-10-12-27-48(42)61(53(44)54(45)62)40-21-8-3-9-22-40/h1-35H. The van der Waals surface area contributed by atoms with Gasteiger partial charge in [-0.3, -0.25) is 0 Å². The zero-order valence-corrected chi connectivity index (χ0v) is 33.9. The van der Waals surface area contributed by atoms with Crippen molar-refractivity contribution < 1.29 is 4.42 Å². The Morgan fingerprint density at radius 1 is 0.317 bits per heavy atom. The van der Waals surface area contributed by atoms with Gasteiger partial charge >= 0.3 is 0 Å². The lowest BCUT2D eigenvalue weighted by Gasteiger charge is -2.14. The number of hydrogen-bond acceptors (Lipinski definition) is 4. The highest BCUT2D eigenvalue weighted by molar-refractivity contribution is 6.24. The Morgan fingerprint density at radius 3 is 1.54 bits per heavy atom. The van der Waals surface area contributed by atoms with E-state index in [1.54, 1.807) is 0 Å². The third-order valence-corrected chi connectivity index (χ3v) is 12.4. The summed E-state index contributed by atoms with van der Waals surface area (Å²) < 4.78 is 11.4. The zero-order chi connectivity index (χ0) is 41.4. The fraction of sp³-hybridized carbons (Fsp3) is 0. The molecule has 0 N–H and O–H groups in total. The molecule has 294 valence electrons. The van der Waals surface area contributed by atoms with E-state index in [0.717, 1.165) is 77.7 Å². The van der Waals surface area contributed by atoms with E-state index in [1.807, 2.05) is 48.5 Å². The molecule has 0 saturated carbocycles. The average Bonchev–Trinajstić information content (AvgIpc) is 4.02. The van der Waals surface area contributed by atoms with Crippen molar-refractivity contribution in [3.63, 3.8) is 0 Å². The van der Waals surface area contributed by atoms with E-state index in [1.165, 1.54) is 27.1 Å². The molecule has 6 nitrogen and oxygen atoms in total. The molecule has 0 amide bonds. The van der Waals surface area contributed by atoms with Crippen molar-refractivity contribution in [3.8, 4) is 56.7 Å². The maximum Gasteiger partial charge on any atom is 0.164 e. The molecule has 13 rings (SSSR count). The minimum Gasteiger partial charge on any atom is -0.456 e. The van der Waals surface area contributed by atoms with Crippen LogP contribution in [-0.2, 0) is 0 Å². The first-order valence-electron chi connectivity index (χ1n) is 21.2. The van der Waals surface area contributed by atoms with Gasteiger partial charge in [0.1, 0.15) is 11.2 Å². The Hall–Kier alpha value is -8.61. The normalized spacial score (nSPS) is 11.8. The van der Waals surface area contributed by atoms with Gasteiger partial charge in [0.2, 0.25) is 0 Å². The summed E-state index contributed by atoms with van der Waals surface area (Å²) in [5.74, 6) is 1.76. The highest BCUT2D eigenvalue weighted by Gasteiger charge is 2.23. The van der Waals surface area contributed by atoms with E-state index >= 15 is 0 Å². The number of fused-ring (bicyclic) bond motifs is 10. The fourth-order valence-electron chi connectivity index (χ4n) is 9.56. The molecule has 13 aromatic rings. The quantitative estimate of drug-likeness (QED) is 0.168. The lowest BCUT2D eigenvalue weighted by atomic mass is 10.0. The molecule has 0 aliphatic heterocycles. The number of furan rings is 1. The summed E-state index contributed by atoms with van der Waals surface area (Å²) in [6.07, 6.45) is 0. The summed E-state index contributed by atoms with van der Waals surface area (Å²) in [6.45, 7) is 0. The van der Waals surface area contributed by atoms with Gasteiger partial charge in [0, 0.05) is 60.4 Å². The van der Waals surface area contributed by atoms with Gasteiger partial charge in [-0.2, -0.15) is 0 Å². The van der Waals surface area contributed by atoms with Crippen LogP contribution in [0, 0.1) is 0 Å². The van der Waals surface area contributed by atoms with E-state index in [-0.39, 0.29) is 0 Å². The van der Waals surface area contributed by atoms with Crippen molar-refractivity contribution in [1.82, 2.24) is 24.1 Å². The average molecular weight is 806 g/mol. The van der Waals surface area contributed by atoms with Crippen LogP contribution in [0.25, 0.3) is 122 Å². The second-order valence-electron chi connectivity index (χ2n) is 16.0. The first-order valence-corrected chi connectivity index (χ1v) is 21.2. The van der Waals surface area contributed by atoms with Crippen molar-refractivity contribution in [2.24, 2.45) is 0 Å². The van der Waals surface area contributed by atoms with Gasteiger partial charge in [-0.15, -0.1) is 0 Å². The molecule has 63 heavy (non-hydrogen) atoms. The molecule has 0 spiro atoms. The molecule has 9 aromatic carbocycles. The number of rotatable bonds is 6. The topological polar surface area (TPSA) is 61.7 Å². The highest BCUT2D eigenvalue weighted by atomic mass is 16.3. The molecule has 0 aliphatic rings. The molecule has 0 atom stereocenters. The number of para-hydroxylation sites is 3. The molecule has 6 heteroatoms. The van der Waals surface area contributed by atoms with Crippen molar-refractivity contribution in [2.75, 3.05) is 0 Å². The molecule has 0 radical (unpaired) electrons. The van der Waals surface area contributed by atoms with Gasteiger partial charge in [-0.05, 0) is 65.7 Å². The molecule has 4 heterocycles. The van der Waals surface area contributed by atoms with Gasteiger partial charge in [-0.25, -0.2) is 15.0 Å². The van der Waals surface area contributed by atoms with Gasteiger partial charge in [0.15, 0.2) is 17.5 Å². The number of benzene rings is 9. The van der Waals surface area contributed by atoms with E-state index in [2.05, 4.69) is 173 Å². The van der Waals surface area contributed by atoms with Crippen LogP contribution in [0.2, 0.25) is 0 Å². The Labute approximate surface area is 361 Å². The van der Waals surface area contributed by atoms with Crippen LogP contribution in [0.3, 0.4) is 0 Å². The third-order valence-electron chi connectivity index (χ3n) is 12.4. The maximum absolute atomic E-state index is 6.54. The van der Waals surface area contributed by atoms with Crippen LogP contribution < -0.4 is 0 Å². The van der Waals surface area contributed by atoms with Crippen LogP contribution in [0.5, 0.6) is 0 Å². The van der Waals surface area contributed by atoms with Crippen LogP contribution in [0.15, 0.2) is 217 Å². The van der Waals surface area contributed by atoms with Crippen molar-refractivity contribution in [1.29, 1.82) is 0 Å². The first-order chi connectivity index (χ1) is 31.2. The summed E-state index contributed by atoms with van der Waals surface area (Å²) in [6, 6.07) is 74.3. The predicted octanol–water partition coefficient (Wildman–Crippen LogP) is 14.6. The lowest BCUT2D eigenvalue weighted by Crippen LogP contribution is -2.02. The second-order valence-corrected chi connectivity index (χ2v) is 16.0. The summed E-state index contributed by atoms with van der Waals surface area (Å²) in [5.41, 5.74) is 13.2. The lowest BCUT2D eigenvalue weighted by molar-refractivity contribution is 0.669. The van der Waals surface area contributed by atoms with E-state index in [4.69, 9.17) is 19.4 Å². The zero-order valence-electron chi connectivity index (χ0n) is 33.9. The largest absolute Gasteiger partial charge is 0.456 e. The van der Waals surface area contributed by atoms with Crippen molar-refractivity contribution >= 4 is 65.6 Å². The Bertz CT molecular complexity index is 3900. The smallest absolute Gasteiger partial charge is 0.164 e. The van der Waals surface area contributed by atoms with Gasteiger partial charge in [0.25, 0.3) is 0 Å². The molecular weight excluding hydrogens is 771 g/mol. The molecular formula is C57H35N5O. The molecule has 0 bridgehead atoms. The minimum atomic E-state index is 0.579. The number of nitrogens with zero attached hydrogens (tertiary/aromatic N) is 5. The van der Waals surface area contributed by atoms with Gasteiger partial charge < -0.3 is 13.6 Å². The molecule has 0 fully saturated rings. The summed E-state index contributed by atoms with van der Waals surface area (Å²) in [5, 5.41) is 6.78. The Morgan fingerprint density at radius 2 is 0.841 bits per heavy atom. The van der Waals surface area contributed by atoms with Crippen LogP contribution in [-0.4, -0.2) is 24.1 Å².